The Hall–Kier alpha value is -2.45. The number of hydrogen-bond acceptors (Lipinski definition) is 7. The molecule has 0 aliphatic carbocycles. The molecule has 0 N–H and O–H groups in total. The zero-order chi connectivity index (χ0) is 27.1. The van der Waals surface area contributed by atoms with E-state index in [1.165, 1.54) is 12.1 Å². The van der Waals surface area contributed by atoms with Crippen molar-refractivity contribution in [2.45, 2.75) is 64.3 Å². The summed E-state index contributed by atoms with van der Waals surface area (Å²) in [5.74, 6) is -1.48. The van der Waals surface area contributed by atoms with E-state index in [9.17, 15) is 36.5 Å². The van der Waals surface area contributed by atoms with Crippen molar-refractivity contribution in [2.24, 2.45) is 0 Å². The van der Waals surface area contributed by atoms with Crippen molar-refractivity contribution >= 4 is 30.0 Å². The maximum Gasteiger partial charge on any atom is 0.534 e. The van der Waals surface area contributed by atoms with Gasteiger partial charge in [-0.05, 0) is 55.2 Å². The van der Waals surface area contributed by atoms with Gasteiger partial charge < -0.3 is 13.5 Å². The number of alkyl halides is 3. The van der Waals surface area contributed by atoms with Crippen molar-refractivity contribution in [3.05, 3.63) is 50.8 Å². The summed E-state index contributed by atoms with van der Waals surface area (Å²) in [6.45, 7) is 12.3. The topological polar surface area (TPSA) is 116 Å². The van der Waals surface area contributed by atoms with Gasteiger partial charge in [0, 0.05) is 6.07 Å². The first-order valence-electron chi connectivity index (χ1n) is 10.6. The molecule has 0 spiro atoms. The number of nitrogens with zero attached hydrogens (tertiary/aromatic N) is 2. The van der Waals surface area contributed by atoms with Crippen molar-refractivity contribution in [1.29, 1.82) is 0 Å². The summed E-state index contributed by atoms with van der Waals surface area (Å²) in [6.07, 6.45) is 1.07. The minimum atomic E-state index is -5.97. The van der Waals surface area contributed by atoms with Crippen LogP contribution in [-0.4, -0.2) is 57.2 Å². The Kier molecular flexibility index (Phi) is 7.85. The lowest BCUT2D eigenvalue weighted by Gasteiger charge is -2.37. The molecule has 196 valence electrons. The van der Waals surface area contributed by atoms with Crippen molar-refractivity contribution in [3.8, 4) is 0 Å². The van der Waals surface area contributed by atoms with Crippen LogP contribution in [0.4, 0.5) is 18.9 Å². The Labute approximate surface area is 203 Å². The standard InChI is InChI=1S/C21H29F3N2O7SSi/c1-13-8-17(18(26(28)29)9-14(13)2)19(27)25-11-16(33-34(30,31)21(22,23)24)10-15(25)12-32-35(6,7)20(3,4)5/h8-10,15H,11-12H2,1-7H3/t15-/m0/s1. The van der Waals surface area contributed by atoms with E-state index in [0.29, 0.717) is 11.1 Å². The van der Waals surface area contributed by atoms with E-state index in [-0.39, 0.29) is 17.2 Å². The molecule has 1 heterocycles. The minimum absolute atomic E-state index is 0.153. The predicted molar refractivity (Wildman–Crippen MR) is 125 cm³/mol. The maximum absolute atomic E-state index is 13.4. The highest BCUT2D eigenvalue weighted by molar-refractivity contribution is 7.87. The van der Waals surface area contributed by atoms with Crippen molar-refractivity contribution in [3.63, 3.8) is 0 Å². The SMILES string of the molecule is Cc1cc(C(=O)N2CC(OS(=O)(=O)C(F)(F)F)=C[C@H]2CO[Si](C)(C)C(C)(C)C)c([N+](=O)[O-])cc1C. The zero-order valence-electron chi connectivity index (χ0n) is 20.5. The molecule has 2 rings (SSSR count). The van der Waals surface area contributed by atoms with Gasteiger partial charge in [0.05, 0.1) is 24.1 Å². The summed E-state index contributed by atoms with van der Waals surface area (Å²) in [5.41, 5.74) is -5.24. The fraction of sp³-hybridized carbons (Fsp3) is 0.571. The highest BCUT2D eigenvalue weighted by Crippen LogP contribution is 2.37. The van der Waals surface area contributed by atoms with Crippen LogP contribution in [-0.2, 0) is 18.7 Å². The van der Waals surface area contributed by atoms with Crippen molar-refractivity contribution in [2.75, 3.05) is 13.2 Å². The Balaban J connectivity index is 2.47. The molecule has 1 aromatic carbocycles. The van der Waals surface area contributed by atoms with Crippen molar-refractivity contribution in [1.82, 2.24) is 4.90 Å². The minimum Gasteiger partial charge on any atom is -0.414 e. The van der Waals surface area contributed by atoms with E-state index < -0.39 is 58.8 Å². The van der Waals surface area contributed by atoms with Gasteiger partial charge in [0.25, 0.3) is 11.6 Å². The molecular formula is C21H29F3N2O7SSi. The number of hydrogen-bond donors (Lipinski definition) is 0. The third kappa shape index (κ3) is 6.22. The molecule has 35 heavy (non-hydrogen) atoms. The molecule has 0 aromatic heterocycles. The van der Waals surface area contributed by atoms with E-state index >= 15 is 0 Å². The highest BCUT2D eigenvalue weighted by atomic mass is 32.2. The second-order valence-electron chi connectivity index (χ2n) is 9.90. The molecule has 1 atom stereocenters. The Bertz CT molecular complexity index is 1160. The molecule has 1 amide bonds. The summed E-state index contributed by atoms with van der Waals surface area (Å²) in [5, 5.41) is 11.4. The van der Waals surface area contributed by atoms with E-state index in [4.69, 9.17) is 4.43 Å². The largest absolute Gasteiger partial charge is 0.534 e. The molecule has 0 saturated carbocycles. The lowest BCUT2D eigenvalue weighted by Crippen LogP contribution is -2.46. The van der Waals surface area contributed by atoms with Gasteiger partial charge in [0.15, 0.2) is 8.32 Å². The number of carbonyl (C=O) groups excluding carboxylic acids is 1. The molecule has 1 aliphatic rings. The zero-order valence-corrected chi connectivity index (χ0v) is 22.3. The molecule has 0 unspecified atom stereocenters. The number of rotatable bonds is 7. The van der Waals surface area contributed by atoms with Gasteiger partial charge in [0.2, 0.25) is 0 Å². The molecular weight excluding hydrogens is 509 g/mol. The average molecular weight is 539 g/mol. The van der Waals surface area contributed by atoms with Gasteiger partial charge in [-0.25, -0.2) is 0 Å². The number of amides is 1. The smallest absolute Gasteiger partial charge is 0.414 e. The van der Waals surface area contributed by atoms with E-state index in [1.807, 2.05) is 33.9 Å². The summed E-state index contributed by atoms with van der Waals surface area (Å²) in [7, 11) is -8.34. The lowest BCUT2D eigenvalue weighted by molar-refractivity contribution is -0.385. The normalized spacial score (nSPS) is 17.4. The third-order valence-electron chi connectivity index (χ3n) is 6.33. The first kappa shape index (κ1) is 28.8. The monoisotopic (exact) mass is 538 g/mol. The molecule has 0 radical (unpaired) electrons. The molecule has 14 heteroatoms. The average Bonchev–Trinajstić information content (AvgIpc) is 3.07. The molecule has 9 nitrogen and oxygen atoms in total. The third-order valence-corrected chi connectivity index (χ3v) is 11.8. The van der Waals surface area contributed by atoms with Crippen molar-refractivity contribution < 1.29 is 39.9 Å². The van der Waals surface area contributed by atoms with E-state index in [0.717, 1.165) is 11.0 Å². The second kappa shape index (κ2) is 9.54. The summed E-state index contributed by atoms with van der Waals surface area (Å²) in [4.78, 5) is 25.3. The van der Waals surface area contributed by atoms with Crippen LogP contribution in [0.3, 0.4) is 0 Å². The van der Waals surface area contributed by atoms with Crippen LogP contribution in [0, 0.1) is 24.0 Å². The Morgan fingerprint density at radius 1 is 1.20 bits per heavy atom. The van der Waals surface area contributed by atoms with Crippen LogP contribution < -0.4 is 0 Å². The van der Waals surface area contributed by atoms with Crippen LogP contribution in [0.1, 0.15) is 42.3 Å². The van der Waals surface area contributed by atoms with Gasteiger partial charge in [-0.3, -0.25) is 14.9 Å². The van der Waals surface area contributed by atoms with Gasteiger partial charge >= 0.3 is 15.6 Å². The molecule has 1 aliphatic heterocycles. The van der Waals surface area contributed by atoms with Crippen LogP contribution >= 0.6 is 0 Å². The number of nitro groups is 1. The fourth-order valence-corrected chi connectivity index (χ4v) is 4.54. The Morgan fingerprint density at radius 2 is 1.74 bits per heavy atom. The summed E-state index contributed by atoms with van der Waals surface area (Å²) in [6, 6.07) is 1.56. The molecule has 0 saturated heterocycles. The predicted octanol–water partition coefficient (Wildman–Crippen LogP) is 4.81. The second-order valence-corrected chi connectivity index (χ2v) is 16.2. The number of halogens is 3. The summed E-state index contributed by atoms with van der Waals surface area (Å²) < 4.78 is 72.0. The summed E-state index contributed by atoms with van der Waals surface area (Å²) >= 11 is 0. The number of benzene rings is 1. The number of carbonyl (C=O) groups is 1. The van der Waals surface area contributed by atoms with Gasteiger partial charge in [0.1, 0.15) is 11.3 Å². The van der Waals surface area contributed by atoms with Crippen LogP contribution in [0.5, 0.6) is 0 Å². The van der Waals surface area contributed by atoms with Crippen LogP contribution in [0.15, 0.2) is 24.0 Å². The molecule has 1 aromatic rings. The Morgan fingerprint density at radius 3 is 2.23 bits per heavy atom. The lowest BCUT2D eigenvalue weighted by atomic mass is 10.0. The van der Waals surface area contributed by atoms with E-state index in [1.54, 1.807) is 13.8 Å². The van der Waals surface area contributed by atoms with Gasteiger partial charge in [-0.2, -0.15) is 21.6 Å². The maximum atomic E-state index is 13.4. The molecule has 0 fully saturated rings. The fourth-order valence-electron chi connectivity index (χ4n) is 3.03. The highest BCUT2D eigenvalue weighted by Gasteiger charge is 2.50. The number of aryl methyl sites for hydroxylation is 2. The number of nitro benzene ring substituents is 1. The van der Waals surface area contributed by atoms with Gasteiger partial charge in [-0.15, -0.1) is 0 Å². The quantitative estimate of drug-likeness (QED) is 0.161. The van der Waals surface area contributed by atoms with Crippen LogP contribution in [0.2, 0.25) is 18.1 Å². The van der Waals surface area contributed by atoms with Gasteiger partial charge in [-0.1, -0.05) is 20.8 Å². The first-order valence-corrected chi connectivity index (χ1v) is 14.9. The van der Waals surface area contributed by atoms with Crippen LogP contribution in [0.25, 0.3) is 0 Å². The first-order chi connectivity index (χ1) is 15.7. The van der Waals surface area contributed by atoms with E-state index in [2.05, 4.69) is 4.18 Å². The molecule has 0 bridgehead atoms.